The summed E-state index contributed by atoms with van der Waals surface area (Å²) in [5, 5.41) is 6.42. The van der Waals surface area contributed by atoms with Gasteiger partial charge in [0.15, 0.2) is 0 Å². The number of hydrogen-bond acceptors (Lipinski definition) is 7. The van der Waals surface area contributed by atoms with E-state index >= 15 is 0 Å². The summed E-state index contributed by atoms with van der Waals surface area (Å²) in [5.41, 5.74) is 0. The van der Waals surface area contributed by atoms with Crippen LogP contribution in [0.3, 0.4) is 0 Å². The lowest BCUT2D eigenvalue weighted by Crippen LogP contribution is -2.18. The fraction of sp³-hybridized carbons (Fsp3) is 0.786. The van der Waals surface area contributed by atoms with Gasteiger partial charge in [0, 0.05) is 40.4 Å². The van der Waals surface area contributed by atoms with Gasteiger partial charge in [-0.2, -0.15) is 15.0 Å². The zero-order valence-corrected chi connectivity index (χ0v) is 13.6. The topological polar surface area (TPSA) is 75.2 Å². The lowest BCUT2D eigenvalue weighted by Gasteiger charge is -2.14. The largest absolute Gasteiger partial charge is 0.381 e. The van der Waals surface area contributed by atoms with Gasteiger partial charge in [0.2, 0.25) is 17.8 Å². The van der Waals surface area contributed by atoms with Crippen molar-refractivity contribution in [2.24, 2.45) is 0 Å². The van der Waals surface area contributed by atoms with Gasteiger partial charge in [-0.25, -0.2) is 0 Å². The third kappa shape index (κ3) is 7.08. The van der Waals surface area contributed by atoms with Gasteiger partial charge in [-0.1, -0.05) is 13.8 Å². The summed E-state index contributed by atoms with van der Waals surface area (Å²) in [5.74, 6) is 1.86. The maximum atomic E-state index is 5.45. The van der Waals surface area contributed by atoms with Crippen LogP contribution in [0.25, 0.3) is 0 Å². The molecule has 0 radical (unpaired) electrons. The van der Waals surface area contributed by atoms with E-state index in [1.165, 1.54) is 0 Å². The van der Waals surface area contributed by atoms with Crippen molar-refractivity contribution >= 4 is 17.8 Å². The fourth-order valence-electron chi connectivity index (χ4n) is 1.58. The second-order valence-corrected chi connectivity index (χ2v) is 5.00. The van der Waals surface area contributed by atoms with Crippen LogP contribution >= 0.6 is 0 Å². The Morgan fingerprint density at radius 3 is 2.14 bits per heavy atom. The zero-order valence-electron chi connectivity index (χ0n) is 13.6. The van der Waals surface area contributed by atoms with Crippen LogP contribution < -0.4 is 15.5 Å². The summed E-state index contributed by atoms with van der Waals surface area (Å²) >= 11 is 0. The highest BCUT2D eigenvalue weighted by Crippen LogP contribution is 2.11. The van der Waals surface area contributed by atoms with E-state index < -0.39 is 0 Å². The van der Waals surface area contributed by atoms with E-state index in [9.17, 15) is 0 Å². The summed E-state index contributed by atoms with van der Waals surface area (Å²) in [4.78, 5) is 15.0. The fourth-order valence-corrected chi connectivity index (χ4v) is 1.58. The first-order valence-electron chi connectivity index (χ1n) is 7.66. The average Bonchev–Trinajstić information content (AvgIpc) is 2.48. The van der Waals surface area contributed by atoms with Crippen LogP contribution in [0.4, 0.5) is 17.8 Å². The molecule has 0 aliphatic rings. The summed E-state index contributed by atoms with van der Waals surface area (Å²) in [7, 11) is 3.84. The van der Waals surface area contributed by atoms with E-state index in [0.717, 1.165) is 45.6 Å². The minimum absolute atomic E-state index is 0.600. The lowest BCUT2D eigenvalue weighted by molar-refractivity contribution is 0.134. The molecular weight excluding hydrogens is 268 g/mol. The van der Waals surface area contributed by atoms with Crippen LogP contribution in [0, 0.1) is 0 Å². The van der Waals surface area contributed by atoms with E-state index in [1.807, 2.05) is 19.0 Å². The van der Waals surface area contributed by atoms with Gasteiger partial charge in [0.25, 0.3) is 0 Å². The van der Waals surface area contributed by atoms with E-state index in [-0.39, 0.29) is 0 Å². The van der Waals surface area contributed by atoms with Crippen LogP contribution in [0.1, 0.15) is 33.1 Å². The van der Waals surface area contributed by atoms with E-state index in [2.05, 4.69) is 39.4 Å². The van der Waals surface area contributed by atoms with Crippen LogP contribution in [-0.4, -0.2) is 55.4 Å². The van der Waals surface area contributed by atoms with Gasteiger partial charge in [0.05, 0.1) is 0 Å². The van der Waals surface area contributed by atoms with Crippen molar-refractivity contribution in [3.8, 4) is 0 Å². The second-order valence-electron chi connectivity index (χ2n) is 5.00. The predicted octanol–water partition coefficient (Wildman–Crippen LogP) is 1.99. The molecule has 0 aliphatic carbocycles. The van der Waals surface area contributed by atoms with Crippen molar-refractivity contribution in [1.29, 1.82) is 0 Å². The molecule has 2 N–H and O–H groups in total. The van der Waals surface area contributed by atoms with Crippen molar-refractivity contribution < 1.29 is 4.74 Å². The predicted molar refractivity (Wildman–Crippen MR) is 87.2 cm³/mol. The quantitative estimate of drug-likeness (QED) is 0.605. The van der Waals surface area contributed by atoms with Gasteiger partial charge in [-0.15, -0.1) is 0 Å². The molecule has 7 heteroatoms. The minimum atomic E-state index is 0.600. The standard InChI is InChI=1S/C14H28N6O/c1-5-8-15-12-17-13(19-14(18-12)20(3)4)16-9-7-11-21-10-6-2/h5-11H2,1-4H3,(H2,15,16,17,18,19). The molecule has 120 valence electrons. The Bertz CT molecular complexity index is 399. The minimum Gasteiger partial charge on any atom is -0.381 e. The highest BCUT2D eigenvalue weighted by Gasteiger charge is 2.07. The highest BCUT2D eigenvalue weighted by atomic mass is 16.5. The average molecular weight is 296 g/mol. The molecule has 0 fully saturated rings. The molecule has 0 bridgehead atoms. The van der Waals surface area contributed by atoms with Crippen molar-refractivity contribution in [2.45, 2.75) is 33.1 Å². The summed E-state index contributed by atoms with van der Waals surface area (Å²) in [6.45, 7) is 7.43. The molecule has 0 saturated heterocycles. The molecule has 0 aliphatic heterocycles. The van der Waals surface area contributed by atoms with Gasteiger partial charge < -0.3 is 20.3 Å². The number of nitrogens with zero attached hydrogens (tertiary/aromatic N) is 4. The maximum Gasteiger partial charge on any atom is 0.231 e. The Kier molecular flexibility index (Phi) is 8.42. The molecule has 0 saturated carbocycles. The normalized spacial score (nSPS) is 10.5. The molecule has 0 unspecified atom stereocenters. The first kappa shape index (κ1) is 17.4. The van der Waals surface area contributed by atoms with Gasteiger partial charge in [-0.05, 0) is 19.3 Å². The molecule has 7 nitrogen and oxygen atoms in total. The Labute approximate surface area is 127 Å². The molecule has 0 amide bonds. The molecule has 1 aromatic rings. The lowest BCUT2D eigenvalue weighted by atomic mass is 10.4. The highest BCUT2D eigenvalue weighted by molar-refractivity contribution is 5.42. The summed E-state index contributed by atoms with van der Waals surface area (Å²) in [6.07, 6.45) is 3.01. The van der Waals surface area contributed by atoms with Crippen LogP contribution in [0.5, 0.6) is 0 Å². The second kappa shape index (κ2) is 10.1. The van der Waals surface area contributed by atoms with Crippen LogP contribution in [0.2, 0.25) is 0 Å². The Morgan fingerprint density at radius 1 is 0.905 bits per heavy atom. The SMILES string of the molecule is CCCNc1nc(NCCCOCCC)nc(N(C)C)n1. The van der Waals surface area contributed by atoms with E-state index in [4.69, 9.17) is 4.74 Å². The smallest absolute Gasteiger partial charge is 0.231 e. The number of rotatable bonds is 11. The monoisotopic (exact) mass is 296 g/mol. The maximum absolute atomic E-state index is 5.45. The number of aromatic nitrogens is 3. The number of hydrogen-bond donors (Lipinski definition) is 2. The third-order valence-corrected chi connectivity index (χ3v) is 2.65. The van der Waals surface area contributed by atoms with E-state index in [0.29, 0.717) is 17.8 Å². The van der Waals surface area contributed by atoms with Gasteiger partial charge in [-0.3, -0.25) is 0 Å². The Hall–Kier alpha value is -1.63. The number of nitrogens with one attached hydrogen (secondary N) is 2. The van der Waals surface area contributed by atoms with Crippen molar-refractivity contribution in [3.63, 3.8) is 0 Å². The molecule has 0 aromatic carbocycles. The first-order valence-corrected chi connectivity index (χ1v) is 7.66. The van der Waals surface area contributed by atoms with Gasteiger partial charge >= 0.3 is 0 Å². The van der Waals surface area contributed by atoms with Crippen molar-refractivity contribution in [3.05, 3.63) is 0 Å². The summed E-state index contributed by atoms with van der Waals surface area (Å²) < 4.78 is 5.45. The molecule has 21 heavy (non-hydrogen) atoms. The number of anilines is 3. The third-order valence-electron chi connectivity index (χ3n) is 2.65. The number of ether oxygens (including phenoxy) is 1. The van der Waals surface area contributed by atoms with E-state index in [1.54, 1.807) is 0 Å². The summed E-state index contributed by atoms with van der Waals surface area (Å²) in [6, 6.07) is 0. The molecule has 1 heterocycles. The van der Waals surface area contributed by atoms with Crippen LogP contribution in [0.15, 0.2) is 0 Å². The first-order chi connectivity index (χ1) is 10.2. The molecule has 0 spiro atoms. The van der Waals surface area contributed by atoms with Crippen molar-refractivity contribution in [2.75, 3.05) is 55.9 Å². The Morgan fingerprint density at radius 2 is 1.57 bits per heavy atom. The molecule has 1 aromatic heterocycles. The molecular formula is C14H28N6O. The molecule has 1 rings (SSSR count). The Balaban J connectivity index is 2.52. The van der Waals surface area contributed by atoms with Crippen molar-refractivity contribution in [1.82, 2.24) is 15.0 Å². The zero-order chi connectivity index (χ0) is 15.5. The van der Waals surface area contributed by atoms with Gasteiger partial charge in [0.1, 0.15) is 0 Å². The van der Waals surface area contributed by atoms with Crippen LogP contribution in [-0.2, 0) is 4.74 Å². The molecule has 0 atom stereocenters.